The van der Waals surface area contributed by atoms with Crippen LogP contribution in [0.3, 0.4) is 0 Å². The minimum atomic E-state index is -0.342. The first-order valence-electron chi connectivity index (χ1n) is 8.75. The van der Waals surface area contributed by atoms with Gasteiger partial charge in [-0.15, -0.1) is 0 Å². The largest absolute Gasteiger partial charge is 0.323 e. The number of nitrogens with zero attached hydrogens (tertiary/aromatic N) is 3. The number of halogens is 1. The summed E-state index contributed by atoms with van der Waals surface area (Å²) in [6.07, 6.45) is 3.64. The van der Waals surface area contributed by atoms with E-state index in [0.29, 0.717) is 22.2 Å². The van der Waals surface area contributed by atoms with Crippen LogP contribution in [-0.2, 0) is 0 Å². The number of anilines is 2. The summed E-state index contributed by atoms with van der Waals surface area (Å²) in [6.45, 7) is 3.90. The molecular formula is C21H18ClN5O. The maximum Gasteiger partial charge on any atom is 0.323 e. The van der Waals surface area contributed by atoms with Gasteiger partial charge in [-0.25, -0.2) is 14.8 Å². The van der Waals surface area contributed by atoms with Gasteiger partial charge in [0, 0.05) is 40.0 Å². The third-order valence-electron chi connectivity index (χ3n) is 4.47. The number of aromatic nitrogens is 3. The molecule has 0 bridgehead atoms. The second-order valence-corrected chi connectivity index (χ2v) is 6.87. The highest BCUT2D eigenvalue weighted by Gasteiger charge is 2.12. The van der Waals surface area contributed by atoms with Crippen molar-refractivity contribution in [1.82, 2.24) is 14.4 Å². The molecule has 6 nitrogen and oxygen atoms in total. The molecule has 2 aromatic carbocycles. The molecule has 4 aromatic rings. The van der Waals surface area contributed by atoms with Crippen LogP contribution in [0.15, 0.2) is 60.9 Å². The van der Waals surface area contributed by atoms with Crippen LogP contribution in [0.5, 0.6) is 0 Å². The van der Waals surface area contributed by atoms with Crippen molar-refractivity contribution in [2.75, 3.05) is 10.6 Å². The zero-order valence-corrected chi connectivity index (χ0v) is 16.2. The molecule has 0 aliphatic rings. The van der Waals surface area contributed by atoms with Crippen molar-refractivity contribution in [2.45, 2.75) is 13.8 Å². The molecule has 0 fully saturated rings. The van der Waals surface area contributed by atoms with Crippen molar-refractivity contribution in [3.8, 4) is 11.3 Å². The summed E-state index contributed by atoms with van der Waals surface area (Å²) in [5.74, 6) is 0.641. The van der Waals surface area contributed by atoms with Crippen LogP contribution >= 0.6 is 11.6 Å². The lowest BCUT2D eigenvalue weighted by Gasteiger charge is -2.10. The lowest BCUT2D eigenvalue weighted by molar-refractivity contribution is 0.262. The van der Waals surface area contributed by atoms with Gasteiger partial charge in [0.15, 0.2) is 0 Å². The molecule has 0 saturated heterocycles. The van der Waals surface area contributed by atoms with E-state index in [1.165, 1.54) is 0 Å². The molecule has 0 saturated carbocycles. The van der Waals surface area contributed by atoms with Crippen LogP contribution in [0.4, 0.5) is 16.2 Å². The number of carbonyl (C=O) groups excluding carboxylic acids is 1. The Labute approximate surface area is 167 Å². The van der Waals surface area contributed by atoms with Gasteiger partial charge in [-0.1, -0.05) is 29.8 Å². The zero-order valence-electron chi connectivity index (χ0n) is 15.4. The van der Waals surface area contributed by atoms with Crippen LogP contribution in [0, 0.1) is 13.8 Å². The van der Waals surface area contributed by atoms with E-state index in [-0.39, 0.29) is 6.03 Å². The summed E-state index contributed by atoms with van der Waals surface area (Å²) in [7, 11) is 0. The van der Waals surface area contributed by atoms with E-state index in [4.69, 9.17) is 11.6 Å². The highest BCUT2D eigenvalue weighted by atomic mass is 35.5. The summed E-state index contributed by atoms with van der Waals surface area (Å²) in [6, 6.07) is 14.5. The van der Waals surface area contributed by atoms with E-state index in [9.17, 15) is 4.79 Å². The van der Waals surface area contributed by atoms with Gasteiger partial charge in [0.25, 0.3) is 0 Å². The molecule has 0 aliphatic heterocycles. The highest BCUT2D eigenvalue weighted by Crippen LogP contribution is 2.26. The maximum absolute atomic E-state index is 12.3. The molecule has 2 N–H and O–H groups in total. The molecule has 2 heterocycles. The summed E-state index contributed by atoms with van der Waals surface area (Å²) < 4.78 is 1.93. The Morgan fingerprint density at radius 1 is 1.04 bits per heavy atom. The molecule has 0 atom stereocenters. The van der Waals surface area contributed by atoms with Gasteiger partial charge in [0.05, 0.1) is 5.69 Å². The summed E-state index contributed by atoms with van der Waals surface area (Å²) in [5.41, 5.74) is 4.97. The number of benzene rings is 2. The number of hydrogen-bond donors (Lipinski definition) is 2. The van der Waals surface area contributed by atoms with E-state index in [2.05, 4.69) is 20.6 Å². The molecule has 0 radical (unpaired) electrons. The number of imidazole rings is 1. The predicted molar refractivity (Wildman–Crippen MR) is 112 cm³/mol. The van der Waals surface area contributed by atoms with E-state index >= 15 is 0 Å². The lowest BCUT2D eigenvalue weighted by atomic mass is 10.1. The first-order chi connectivity index (χ1) is 13.5. The van der Waals surface area contributed by atoms with Crippen molar-refractivity contribution < 1.29 is 4.79 Å². The Morgan fingerprint density at radius 2 is 1.82 bits per heavy atom. The second kappa shape index (κ2) is 7.32. The maximum atomic E-state index is 12.3. The molecule has 4 rings (SSSR count). The Morgan fingerprint density at radius 3 is 2.57 bits per heavy atom. The van der Waals surface area contributed by atoms with Crippen LogP contribution < -0.4 is 10.6 Å². The van der Waals surface area contributed by atoms with Gasteiger partial charge in [0.2, 0.25) is 5.78 Å². The molecule has 0 spiro atoms. The van der Waals surface area contributed by atoms with Crippen LogP contribution in [-0.4, -0.2) is 20.4 Å². The molecule has 0 aliphatic carbocycles. The molecule has 140 valence electrons. The minimum absolute atomic E-state index is 0.342. The fourth-order valence-electron chi connectivity index (χ4n) is 2.98. The number of fused-ring (bicyclic) bond motifs is 1. The number of rotatable bonds is 3. The van der Waals surface area contributed by atoms with Gasteiger partial charge < -0.3 is 10.6 Å². The third kappa shape index (κ3) is 3.54. The average molecular weight is 392 g/mol. The van der Waals surface area contributed by atoms with Gasteiger partial charge in [0.1, 0.15) is 0 Å². The molecular weight excluding hydrogens is 374 g/mol. The lowest BCUT2D eigenvalue weighted by Crippen LogP contribution is -2.19. The Kier molecular flexibility index (Phi) is 4.71. The van der Waals surface area contributed by atoms with Crippen LogP contribution in [0.2, 0.25) is 5.02 Å². The van der Waals surface area contributed by atoms with Gasteiger partial charge in [-0.3, -0.25) is 4.40 Å². The number of aryl methyl sites for hydroxylation is 2. The third-order valence-corrected chi connectivity index (χ3v) is 4.87. The Bertz CT molecular complexity index is 1180. The monoisotopic (exact) mass is 391 g/mol. The summed E-state index contributed by atoms with van der Waals surface area (Å²) in [4.78, 5) is 21.2. The fraction of sp³-hybridized carbons (Fsp3) is 0.0952. The smallest absolute Gasteiger partial charge is 0.308 e. The molecule has 7 heteroatoms. The van der Waals surface area contributed by atoms with Crippen molar-refractivity contribution in [2.24, 2.45) is 0 Å². The van der Waals surface area contributed by atoms with E-state index in [1.807, 2.05) is 66.9 Å². The van der Waals surface area contributed by atoms with Gasteiger partial charge >= 0.3 is 6.03 Å². The van der Waals surface area contributed by atoms with Gasteiger partial charge in [-0.2, -0.15) is 0 Å². The number of urea groups is 1. The van der Waals surface area contributed by atoms with E-state index in [1.54, 1.807) is 12.3 Å². The van der Waals surface area contributed by atoms with Crippen molar-refractivity contribution in [3.63, 3.8) is 0 Å². The number of hydrogen-bond acceptors (Lipinski definition) is 3. The highest BCUT2D eigenvalue weighted by molar-refractivity contribution is 6.31. The topological polar surface area (TPSA) is 71.3 Å². The van der Waals surface area contributed by atoms with Crippen LogP contribution in [0.1, 0.15) is 11.3 Å². The SMILES string of the molecule is Cc1ccc(NC(=O)Nc2cccc(-c3nc4ncccn4c3C)c2)cc1Cl. The van der Waals surface area contributed by atoms with Crippen molar-refractivity contribution in [3.05, 3.63) is 77.2 Å². The summed E-state index contributed by atoms with van der Waals surface area (Å²) in [5, 5.41) is 6.24. The summed E-state index contributed by atoms with van der Waals surface area (Å²) >= 11 is 6.11. The first kappa shape index (κ1) is 18.0. The number of amides is 2. The van der Waals surface area contributed by atoms with E-state index < -0.39 is 0 Å². The molecule has 2 amide bonds. The second-order valence-electron chi connectivity index (χ2n) is 6.46. The number of carbonyl (C=O) groups is 1. The van der Waals surface area contributed by atoms with Crippen molar-refractivity contribution in [1.29, 1.82) is 0 Å². The zero-order chi connectivity index (χ0) is 19.7. The molecule has 2 aromatic heterocycles. The Balaban J connectivity index is 1.55. The standard InChI is InChI=1S/C21H18ClN5O/c1-13-7-8-17(12-18(13)22)25-21(28)24-16-6-3-5-15(11-16)19-14(2)27-10-4-9-23-20(27)26-19/h3-12H,1-2H3,(H2,24,25,28). The molecule has 0 unspecified atom stereocenters. The van der Waals surface area contributed by atoms with Crippen molar-refractivity contribution >= 4 is 34.8 Å². The molecule has 28 heavy (non-hydrogen) atoms. The average Bonchev–Trinajstić information content (AvgIpc) is 3.02. The minimum Gasteiger partial charge on any atom is -0.308 e. The fourth-order valence-corrected chi connectivity index (χ4v) is 3.16. The van der Waals surface area contributed by atoms with Gasteiger partial charge in [-0.05, 0) is 49.7 Å². The van der Waals surface area contributed by atoms with E-state index in [0.717, 1.165) is 22.5 Å². The quantitative estimate of drug-likeness (QED) is 0.497. The van der Waals surface area contributed by atoms with Crippen LogP contribution in [0.25, 0.3) is 17.0 Å². The first-order valence-corrected chi connectivity index (χ1v) is 9.13. The normalized spacial score (nSPS) is 10.8. The Hall–Kier alpha value is -3.38. The number of nitrogens with one attached hydrogen (secondary N) is 2. The predicted octanol–water partition coefficient (Wildman–Crippen LogP) is 5.31.